The van der Waals surface area contributed by atoms with Crippen molar-refractivity contribution in [2.45, 2.75) is 12.1 Å². The van der Waals surface area contributed by atoms with Crippen molar-refractivity contribution >= 4 is 28.6 Å². The van der Waals surface area contributed by atoms with Crippen molar-refractivity contribution in [3.05, 3.63) is 35.5 Å². The van der Waals surface area contributed by atoms with Crippen molar-refractivity contribution in [3.8, 4) is 6.07 Å². The average molecular weight is 286 g/mol. The van der Waals surface area contributed by atoms with Gasteiger partial charge in [0, 0.05) is 12.7 Å². The van der Waals surface area contributed by atoms with Crippen LogP contribution in [0.1, 0.15) is 6.92 Å². The number of rotatable bonds is 4. The number of aryl methyl sites for hydroxylation is 1. The zero-order chi connectivity index (χ0) is 14.7. The van der Waals surface area contributed by atoms with Crippen LogP contribution < -0.4 is 5.73 Å². The molecule has 1 heterocycles. The summed E-state index contributed by atoms with van der Waals surface area (Å²) >= 11 is 1.30. The lowest BCUT2D eigenvalue weighted by Crippen LogP contribution is -2.10. The third-order valence-corrected chi connectivity index (χ3v) is 3.89. The first-order valence-electron chi connectivity index (χ1n) is 5.98. The smallest absolute Gasteiger partial charge is 0.185 e. The molecule has 2 rings (SSSR count). The Morgan fingerprint density at radius 3 is 2.80 bits per heavy atom. The normalized spacial score (nSPS) is 12.1. The molecule has 6 heteroatoms. The van der Waals surface area contributed by atoms with Crippen LogP contribution in [0.3, 0.4) is 0 Å². The predicted octanol–water partition coefficient (Wildman–Crippen LogP) is 1.99. The third kappa shape index (κ3) is 2.68. The van der Waals surface area contributed by atoms with E-state index >= 15 is 0 Å². The monoisotopic (exact) mass is 286 g/mol. The van der Waals surface area contributed by atoms with Crippen LogP contribution >= 0.6 is 11.8 Å². The highest BCUT2D eigenvalue weighted by molar-refractivity contribution is 7.99. The van der Waals surface area contributed by atoms with Crippen LogP contribution in [0.2, 0.25) is 0 Å². The molecule has 0 amide bonds. The largest absolute Gasteiger partial charge is 0.401 e. The maximum Gasteiger partial charge on any atom is 0.185 e. The van der Waals surface area contributed by atoms with Gasteiger partial charge in [-0.2, -0.15) is 5.26 Å². The van der Waals surface area contributed by atoms with Gasteiger partial charge in [-0.15, -0.1) is 0 Å². The number of hydrogen-bond acceptors (Lipinski definition) is 5. The summed E-state index contributed by atoms with van der Waals surface area (Å²) in [6.07, 6.45) is 0. The van der Waals surface area contributed by atoms with E-state index in [-0.39, 0.29) is 22.8 Å². The molecule has 2 aromatic rings. The second-order valence-corrected chi connectivity index (χ2v) is 5.27. The summed E-state index contributed by atoms with van der Waals surface area (Å²) in [5.74, 6) is -0.126. The Labute approximate surface area is 121 Å². The van der Waals surface area contributed by atoms with Gasteiger partial charge in [0.25, 0.3) is 0 Å². The van der Waals surface area contributed by atoms with E-state index in [1.807, 2.05) is 41.9 Å². The van der Waals surface area contributed by atoms with Gasteiger partial charge in [-0.05, 0) is 19.1 Å². The van der Waals surface area contributed by atoms with Crippen LogP contribution in [0, 0.1) is 11.3 Å². The summed E-state index contributed by atoms with van der Waals surface area (Å²) in [4.78, 5) is 16.4. The molecule has 0 atom stereocenters. The van der Waals surface area contributed by atoms with Gasteiger partial charge in [-0.25, -0.2) is 4.98 Å². The maximum atomic E-state index is 11.9. The maximum absolute atomic E-state index is 11.9. The molecule has 0 radical (unpaired) electrons. The first-order chi connectivity index (χ1) is 9.54. The molecule has 0 aliphatic rings. The Bertz CT molecular complexity index is 735. The van der Waals surface area contributed by atoms with E-state index in [9.17, 15) is 4.79 Å². The fourth-order valence-electron chi connectivity index (χ4n) is 1.83. The number of nitriles is 1. The van der Waals surface area contributed by atoms with Crippen molar-refractivity contribution in [1.29, 1.82) is 5.26 Å². The first-order valence-corrected chi connectivity index (χ1v) is 6.97. The minimum Gasteiger partial charge on any atom is -0.401 e. The van der Waals surface area contributed by atoms with Gasteiger partial charge >= 0.3 is 0 Å². The van der Waals surface area contributed by atoms with E-state index < -0.39 is 0 Å². The van der Waals surface area contributed by atoms with E-state index in [1.54, 1.807) is 6.92 Å². The number of imidazole rings is 1. The summed E-state index contributed by atoms with van der Waals surface area (Å²) in [6, 6.07) is 9.60. The quantitative estimate of drug-likeness (QED) is 0.528. The van der Waals surface area contributed by atoms with Gasteiger partial charge in [0.15, 0.2) is 10.9 Å². The molecular weight excluding hydrogens is 272 g/mol. The lowest BCUT2D eigenvalue weighted by atomic mass is 10.2. The van der Waals surface area contributed by atoms with E-state index in [4.69, 9.17) is 11.0 Å². The lowest BCUT2D eigenvalue weighted by molar-refractivity contribution is -0.112. The molecule has 0 spiro atoms. The SMILES string of the molecule is C/C(N)=C(/C#N)C(=O)CSc1nc2ccccc2n1C. The Kier molecular flexibility index (Phi) is 4.11. The number of para-hydroxylation sites is 2. The van der Waals surface area contributed by atoms with Crippen molar-refractivity contribution in [1.82, 2.24) is 9.55 Å². The summed E-state index contributed by atoms with van der Waals surface area (Å²) in [6.45, 7) is 1.55. The number of ketones is 1. The number of carbonyl (C=O) groups excluding carboxylic acids is 1. The van der Waals surface area contributed by atoms with E-state index in [0.29, 0.717) is 0 Å². The highest BCUT2D eigenvalue weighted by atomic mass is 32.2. The number of nitrogens with two attached hydrogens (primary N) is 1. The summed E-state index contributed by atoms with van der Waals surface area (Å²) in [7, 11) is 1.90. The van der Waals surface area contributed by atoms with E-state index in [1.165, 1.54) is 11.8 Å². The van der Waals surface area contributed by atoms with Gasteiger partial charge in [-0.3, -0.25) is 4.79 Å². The van der Waals surface area contributed by atoms with Crippen LogP contribution in [0.5, 0.6) is 0 Å². The molecule has 102 valence electrons. The standard InChI is InChI=1S/C14H14N4OS/c1-9(16)10(7-15)13(19)8-20-14-17-11-5-3-4-6-12(11)18(14)2/h3-6H,8,16H2,1-2H3/b10-9+. The second-order valence-electron chi connectivity index (χ2n) is 4.32. The zero-order valence-electron chi connectivity index (χ0n) is 11.3. The molecule has 0 unspecified atom stereocenters. The predicted molar refractivity (Wildman–Crippen MR) is 78.9 cm³/mol. The molecule has 0 aliphatic heterocycles. The van der Waals surface area contributed by atoms with E-state index in [0.717, 1.165) is 16.2 Å². The molecule has 1 aromatic carbocycles. The summed E-state index contributed by atoms with van der Waals surface area (Å²) < 4.78 is 1.93. The number of fused-ring (bicyclic) bond motifs is 1. The van der Waals surface area contributed by atoms with Crippen LogP contribution in [0.15, 0.2) is 40.7 Å². The fraction of sp³-hybridized carbons (Fsp3) is 0.214. The van der Waals surface area contributed by atoms with Gasteiger partial charge in [0.1, 0.15) is 11.6 Å². The van der Waals surface area contributed by atoms with Gasteiger partial charge in [0.2, 0.25) is 0 Å². The van der Waals surface area contributed by atoms with E-state index in [2.05, 4.69) is 4.98 Å². The number of aromatic nitrogens is 2. The lowest BCUT2D eigenvalue weighted by Gasteiger charge is -2.02. The molecule has 5 nitrogen and oxygen atoms in total. The highest BCUT2D eigenvalue weighted by Crippen LogP contribution is 2.23. The zero-order valence-corrected chi connectivity index (χ0v) is 12.1. The topological polar surface area (TPSA) is 84.7 Å². The number of nitrogens with zero attached hydrogens (tertiary/aromatic N) is 3. The minimum atomic E-state index is -0.274. The molecule has 0 saturated heterocycles. The molecule has 0 fully saturated rings. The van der Waals surface area contributed by atoms with Crippen LogP contribution in [-0.2, 0) is 11.8 Å². The third-order valence-electron chi connectivity index (χ3n) is 2.86. The minimum absolute atomic E-state index is 0.0243. The number of thioether (sulfide) groups is 1. The Hall–Kier alpha value is -2.26. The molecular formula is C14H14N4OS. The molecule has 1 aromatic heterocycles. The fourth-order valence-corrected chi connectivity index (χ4v) is 2.68. The molecule has 20 heavy (non-hydrogen) atoms. The second kappa shape index (κ2) is 5.80. The number of hydrogen-bond donors (Lipinski definition) is 1. The molecule has 0 bridgehead atoms. The molecule has 0 saturated carbocycles. The van der Waals surface area contributed by atoms with Crippen LogP contribution in [0.25, 0.3) is 11.0 Å². The summed E-state index contributed by atoms with van der Waals surface area (Å²) in [5, 5.41) is 9.64. The Morgan fingerprint density at radius 2 is 2.20 bits per heavy atom. The highest BCUT2D eigenvalue weighted by Gasteiger charge is 2.14. The molecule has 2 N–H and O–H groups in total. The summed E-state index contributed by atoms with van der Waals surface area (Å²) in [5.41, 5.74) is 7.68. The van der Waals surface area contributed by atoms with Crippen molar-refractivity contribution in [2.75, 3.05) is 5.75 Å². The van der Waals surface area contributed by atoms with Gasteiger partial charge < -0.3 is 10.3 Å². The van der Waals surface area contributed by atoms with Gasteiger partial charge in [0.05, 0.1) is 16.8 Å². The van der Waals surface area contributed by atoms with Crippen molar-refractivity contribution < 1.29 is 4.79 Å². The number of benzene rings is 1. The van der Waals surface area contributed by atoms with Crippen LogP contribution in [0.4, 0.5) is 0 Å². The average Bonchev–Trinajstić information content (AvgIpc) is 2.74. The first kappa shape index (κ1) is 14.2. The number of Topliss-reactive ketones (excluding diaryl/α,β-unsaturated/α-hetero) is 1. The number of allylic oxidation sites excluding steroid dienone is 2. The molecule has 0 aliphatic carbocycles. The Balaban J connectivity index is 2.18. The van der Waals surface area contributed by atoms with Crippen molar-refractivity contribution in [2.24, 2.45) is 12.8 Å². The Morgan fingerprint density at radius 1 is 1.50 bits per heavy atom. The van der Waals surface area contributed by atoms with Gasteiger partial charge in [-0.1, -0.05) is 23.9 Å². The number of carbonyl (C=O) groups is 1. The van der Waals surface area contributed by atoms with Crippen molar-refractivity contribution in [3.63, 3.8) is 0 Å². The van der Waals surface area contributed by atoms with Crippen LogP contribution in [-0.4, -0.2) is 21.1 Å².